The molecule has 0 aromatic heterocycles. The number of hydrogen-bond donors (Lipinski definition) is 2. The predicted molar refractivity (Wildman–Crippen MR) is 77.8 cm³/mol. The third-order valence-electron chi connectivity index (χ3n) is 3.08. The van der Waals surface area contributed by atoms with E-state index >= 15 is 0 Å². The normalized spacial score (nSPS) is 15.4. The number of nitrogens with one attached hydrogen (secondary N) is 1. The van der Waals surface area contributed by atoms with E-state index in [4.69, 9.17) is 0 Å². The lowest BCUT2D eigenvalue weighted by molar-refractivity contribution is 0.0502. The number of aryl methyl sites for hydroxylation is 1. The molecule has 0 aliphatic carbocycles. The molecule has 0 fully saturated rings. The SMILES string of the molecule is CCCc1ccc(C(C)(O)CNC(C)(C)C)cc1. The third kappa shape index (κ3) is 4.79. The van der Waals surface area contributed by atoms with Crippen molar-refractivity contribution in [1.29, 1.82) is 0 Å². The second-order valence-corrected chi connectivity index (χ2v) is 6.32. The zero-order chi connectivity index (χ0) is 13.8. The van der Waals surface area contributed by atoms with Crippen LogP contribution >= 0.6 is 0 Å². The van der Waals surface area contributed by atoms with Crippen LogP contribution in [0.4, 0.5) is 0 Å². The highest BCUT2D eigenvalue weighted by molar-refractivity contribution is 5.27. The molecule has 102 valence electrons. The molecule has 0 heterocycles. The van der Waals surface area contributed by atoms with Crippen LogP contribution in [0.5, 0.6) is 0 Å². The van der Waals surface area contributed by atoms with E-state index in [0.29, 0.717) is 6.54 Å². The first-order valence-electron chi connectivity index (χ1n) is 6.81. The summed E-state index contributed by atoms with van der Waals surface area (Å²) in [7, 11) is 0. The van der Waals surface area contributed by atoms with Gasteiger partial charge in [-0.3, -0.25) is 0 Å². The van der Waals surface area contributed by atoms with Crippen LogP contribution < -0.4 is 5.32 Å². The van der Waals surface area contributed by atoms with Crippen LogP contribution in [0.15, 0.2) is 24.3 Å². The number of β-amino-alcohol motifs (C(OH)–C–C–N with tert-alkyl or cyclic N) is 1. The summed E-state index contributed by atoms with van der Waals surface area (Å²) >= 11 is 0. The number of hydrogen-bond acceptors (Lipinski definition) is 2. The van der Waals surface area contributed by atoms with Crippen LogP contribution in [0.1, 0.15) is 52.2 Å². The summed E-state index contributed by atoms with van der Waals surface area (Å²) in [5.74, 6) is 0. The second kappa shape index (κ2) is 5.85. The number of benzene rings is 1. The molecule has 0 aliphatic heterocycles. The van der Waals surface area contributed by atoms with Crippen molar-refractivity contribution >= 4 is 0 Å². The highest BCUT2D eigenvalue weighted by Crippen LogP contribution is 2.21. The molecule has 1 rings (SSSR count). The van der Waals surface area contributed by atoms with Crippen LogP contribution in [0.25, 0.3) is 0 Å². The molecule has 2 N–H and O–H groups in total. The van der Waals surface area contributed by atoms with Gasteiger partial charge >= 0.3 is 0 Å². The van der Waals surface area contributed by atoms with Crippen molar-refractivity contribution in [2.75, 3.05) is 6.54 Å². The highest BCUT2D eigenvalue weighted by atomic mass is 16.3. The maximum absolute atomic E-state index is 10.5. The van der Waals surface area contributed by atoms with Crippen molar-refractivity contribution in [3.63, 3.8) is 0 Å². The number of aliphatic hydroxyl groups is 1. The minimum absolute atomic E-state index is 0.0200. The summed E-state index contributed by atoms with van der Waals surface area (Å²) in [6.45, 7) is 10.9. The van der Waals surface area contributed by atoms with E-state index in [2.05, 4.69) is 45.1 Å². The largest absolute Gasteiger partial charge is 0.384 e. The Bertz CT molecular complexity index is 360. The lowest BCUT2D eigenvalue weighted by Crippen LogP contribution is -2.44. The summed E-state index contributed by atoms with van der Waals surface area (Å²) in [5.41, 5.74) is 1.50. The second-order valence-electron chi connectivity index (χ2n) is 6.32. The molecule has 0 bridgehead atoms. The molecule has 1 atom stereocenters. The van der Waals surface area contributed by atoms with E-state index in [-0.39, 0.29) is 5.54 Å². The Balaban J connectivity index is 2.72. The molecular formula is C16H27NO. The van der Waals surface area contributed by atoms with Crippen LogP contribution in [-0.4, -0.2) is 17.2 Å². The summed E-state index contributed by atoms with van der Waals surface area (Å²) in [5, 5.41) is 13.9. The van der Waals surface area contributed by atoms with E-state index in [0.717, 1.165) is 18.4 Å². The Morgan fingerprint density at radius 1 is 1.06 bits per heavy atom. The van der Waals surface area contributed by atoms with E-state index in [1.54, 1.807) is 0 Å². The van der Waals surface area contributed by atoms with E-state index in [1.165, 1.54) is 5.56 Å². The highest BCUT2D eigenvalue weighted by Gasteiger charge is 2.24. The molecule has 0 saturated carbocycles. The summed E-state index contributed by atoms with van der Waals surface area (Å²) < 4.78 is 0. The summed E-state index contributed by atoms with van der Waals surface area (Å²) in [6.07, 6.45) is 2.25. The summed E-state index contributed by atoms with van der Waals surface area (Å²) in [4.78, 5) is 0. The fraction of sp³-hybridized carbons (Fsp3) is 0.625. The molecule has 1 unspecified atom stereocenters. The Hall–Kier alpha value is -0.860. The van der Waals surface area contributed by atoms with Gasteiger partial charge < -0.3 is 10.4 Å². The molecular weight excluding hydrogens is 222 g/mol. The lowest BCUT2D eigenvalue weighted by atomic mass is 9.93. The summed E-state index contributed by atoms with van der Waals surface area (Å²) in [6, 6.07) is 8.31. The van der Waals surface area contributed by atoms with Gasteiger partial charge in [-0.1, -0.05) is 37.6 Å². The molecule has 1 aromatic carbocycles. The van der Waals surface area contributed by atoms with Crippen LogP contribution in [0.3, 0.4) is 0 Å². The van der Waals surface area contributed by atoms with Crippen molar-refractivity contribution in [3.8, 4) is 0 Å². The van der Waals surface area contributed by atoms with Gasteiger partial charge in [-0.05, 0) is 45.2 Å². The fourth-order valence-corrected chi connectivity index (χ4v) is 1.86. The average molecular weight is 249 g/mol. The van der Waals surface area contributed by atoms with E-state index < -0.39 is 5.60 Å². The van der Waals surface area contributed by atoms with Crippen LogP contribution in [0, 0.1) is 0 Å². The first-order valence-corrected chi connectivity index (χ1v) is 6.81. The zero-order valence-electron chi connectivity index (χ0n) is 12.4. The van der Waals surface area contributed by atoms with Gasteiger partial charge in [0, 0.05) is 12.1 Å². The first kappa shape index (κ1) is 15.2. The van der Waals surface area contributed by atoms with Crippen molar-refractivity contribution < 1.29 is 5.11 Å². The smallest absolute Gasteiger partial charge is 0.0992 e. The fourth-order valence-electron chi connectivity index (χ4n) is 1.86. The van der Waals surface area contributed by atoms with E-state index in [1.807, 2.05) is 19.1 Å². The lowest BCUT2D eigenvalue weighted by Gasteiger charge is -2.30. The molecule has 0 aliphatic rings. The Labute approximate surface area is 111 Å². The van der Waals surface area contributed by atoms with Gasteiger partial charge in [-0.25, -0.2) is 0 Å². The first-order chi connectivity index (χ1) is 8.24. The van der Waals surface area contributed by atoms with Crippen LogP contribution in [-0.2, 0) is 12.0 Å². The molecule has 2 nitrogen and oxygen atoms in total. The van der Waals surface area contributed by atoms with Crippen molar-refractivity contribution in [3.05, 3.63) is 35.4 Å². The van der Waals surface area contributed by atoms with Crippen molar-refractivity contribution in [2.45, 2.75) is 58.6 Å². The minimum atomic E-state index is -0.821. The predicted octanol–water partition coefficient (Wildman–Crippen LogP) is 3.23. The monoisotopic (exact) mass is 249 g/mol. The van der Waals surface area contributed by atoms with Crippen molar-refractivity contribution in [2.24, 2.45) is 0 Å². The Kier molecular flexibility index (Phi) is 4.94. The van der Waals surface area contributed by atoms with Crippen molar-refractivity contribution in [1.82, 2.24) is 5.32 Å². The molecule has 18 heavy (non-hydrogen) atoms. The van der Waals surface area contributed by atoms with Gasteiger partial charge in [0.2, 0.25) is 0 Å². The van der Waals surface area contributed by atoms with Gasteiger partial charge in [-0.2, -0.15) is 0 Å². The quantitative estimate of drug-likeness (QED) is 0.839. The van der Waals surface area contributed by atoms with Gasteiger partial charge in [-0.15, -0.1) is 0 Å². The molecule has 2 heteroatoms. The zero-order valence-corrected chi connectivity index (χ0v) is 12.4. The molecule has 0 amide bonds. The van der Waals surface area contributed by atoms with Gasteiger partial charge in [0.25, 0.3) is 0 Å². The minimum Gasteiger partial charge on any atom is -0.384 e. The third-order valence-corrected chi connectivity index (χ3v) is 3.08. The van der Waals surface area contributed by atoms with Gasteiger partial charge in [0.05, 0.1) is 5.60 Å². The van der Waals surface area contributed by atoms with Crippen LogP contribution in [0.2, 0.25) is 0 Å². The van der Waals surface area contributed by atoms with E-state index in [9.17, 15) is 5.11 Å². The number of rotatable bonds is 5. The maximum Gasteiger partial charge on any atom is 0.0992 e. The topological polar surface area (TPSA) is 32.3 Å². The Morgan fingerprint density at radius 3 is 2.06 bits per heavy atom. The molecule has 0 spiro atoms. The maximum atomic E-state index is 10.5. The standard InChI is InChI=1S/C16H27NO/c1-6-7-13-8-10-14(11-9-13)16(5,18)12-17-15(2,3)4/h8-11,17-18H,6-7,12H2,1-5H3. The average Bonchev–Trinajstić information content (AvgIpc) is 2.27. The molecule has 0 radical (unpaired) electrons. The molecule has 1 aromatic rings. The van der Waals surface area contributed by atoms with Gasteiger partial charge in [0.15, 0.2) is 0 Å². The Morgan fingerprint density at radius 2 is 1.61 bits per heavy atom. The van der Waals surface area contributed by atoms with Gasteiger partial charge in [0.1, 0.15) is 0 Å². The molecule has 0 saturated heterocycles.